The Morgan fingerprint density at radius 1 is 1.04 bits per heavy atom. The molecule has 2 aromatic rings. The minimum absolute atomic E-state index is 0.200. The first-order valence-corrected chi connectivity index (χ1v) is 8.93. The molecule has 2 rings (SSSR count). The third kappa shape index (κ3) is 5.66. The lowest BCUT2D eigenvalue weighted by Crippen LogP contribution is -2.34. The van der Waals surface area contributed by atoms with Crippen molar-refractivity contribution in [2.45, 2.75) is 27.3 Å². The molecule has 0 atom stereocenters. The van der Waals surface area contributed by atoms with Crippen LogP contribution in [0, 0.1) is 6.92 Å². The Labute approximate surface area is 155 Å². The molecule has 0 saturated carbocycles. The van der Waals surface area contributed by atoms with Gasteiger partial charge in [-0.25, -0.2) is 0 Å². The van der Waals surface area contributed by atoms with Crippen molar-refractivity contribution in [2.75, 3.05) is 18.4 Å². The number of carbonyl (C=O) groups excluding carboxylic acids is 1. The van der Waals surface area contributed by atoms with Gasteiger partial charge in [0.05, 0.1) is 0 Å². The molecule has 1 amide bonds. The molecule has 2 aromatic carbocycles. The Kier molecular flexibility index (Phi) is 7.10. The fourth-order valence-corrected chi connectivity index (χ4v) is 2.77. The molecule has 5 heteroatoms. The molecule has 0 heterocycles. The molecular formula is C20H25N3OS. The van der Waals surface area contributed by atoms with Crippen LogP contribution >= 0.6 is 12.2 Å². The third-order valence-corrected chi connectivity index (χ3v) is 4.33. The van der Waals surface area contributed by atoms with Crippen LogP contribution in [0.25, 0.3) is 0 Å². The number of hydrogen-bond donors (Lipinski definition) is 2. The van der Waals surface area contributed by atoms with E-state index in [0.717, 1.165) is 30.9 Å². The number of thiocarbonyl (C=S) groups is 1. The van der Waals surface area contributed by atoms with Crippen molar-refractivity contribution >= 4 is 28.9 Å². The second-order valence-corrected chi connectivity index (χ2v) is 6.29. The lowest BCUT2D eigenvalue weighted by Gasteiger charge is -2.18. The highest BCUT2D eigenvalue weighted by Crippen LogP contribution is 2.12. The molecule has 132 valence electrons. The lowest BCUT2D eigenvalue weighted by molar-refractivity contribution is 0.0977. The van der Waals surface area contributed by atoms with Crippen LogP contribution in [0.5, 0.6) is 0 Å². The molecule has 0 aliphatic rings. The van der Waals surface area contributed by atoms with Crippen molar-refractivity contribution in [3.05, 3.63) is 65.2 Å². The standard InChI is InChI=1S/C20H25N3OS/c1-4-23(5-2)14-16-10-12-17(13-11-16)21-20(25)22-19(24)18-9-7-6-8-15(18)3/h6-13H,4-5,14H2,1-3H3,(H2,21,22,24,25). The van der Waals surface area contributed by atoms with E-state index in [4.69, 9.17) is 12.2 Å². The highest BCUT2D eigenvalue weighted by molar-refractivity contribution is 7.80. The van der Waals surface area contributed by atoms with Crippen molar-refractivity contribution in [1.82, 2.24) is 10.2 Å². The zero-order valence-corrected chi connectivity index (χ0v) is 15.8. The Bertz CT molecular complexity index is 724. The molecule has 4 nitrogen and oxygen atoms in total. The predicted octanol–water partition coefficient (Wildman–Crippen LogP) is 3.96. The average molecular weight is 356 g/mol. The molecule has 0 spiro atoms. The molecular weight excluding hydrogens is 330 g/mol. The molecule has 25 heavy (non-hydrogen) atoms. The first-order valence-electron chi connectivity index (χ1n) is 8.52. The second-order valence-electron chi connectivity index (χ2n) is 5.88. The molecule has 2 N–H and O–H groups in total. The summed E-state index contributed by atoms with van der Waals surface area (Å²) in [6.45, 7) is 9.22. The molecule has 0 radical (unpaired) electrons. The number of hydrogen-bond acceptors (Lipinski definition) is 3. The SMILES string of the molecule is CCN(CC)Cc1ccc(NC(=S)NC(=O)c2ccccc2C)cc1. The number of amides is 1. The average Bonchev–Trinajstić information content (AvgIpc) is 2.61. The minimum Gasteiger partial charge on any atom is -0.332 e. The van der Waals surface area contributed by atoms with Crippen LogP contribution < -0.4 is 10.6 Å². The van der Waals surface area contributed by atoms with Crippen molar-refractivity contribution in [1.29, 1.82) is 0 Å². The van der Waals surface area contributed by atoms with Crippen LogP contribution in [0.2, 0.25) is 0 Å². The van der Waals surface area contributed by atoms with Crippen LogP contribution in [-0.2, 0) is 6.54 Å². The summed E-state index contributed by atoms with van der Waals surface area (Å²) in [5.74, 6) is -0.200. The topological polar surface area (TPSA) is 44.4 Å². The monoisotopic (exact) mass is 355 g/mol. The minimum atomic E-state index is -0.200. The Morgan fingerprint density at radius 3 is 2.28 bits per heavy atom. The van der Waals surface area contributed by atoms with E-state index in [-0.39, 0.29) is 5.91 Å². The lowest BCUT2D eigenvalue weighted by atomic mass is 10.1. The Hall–Kier alpha value is -2.24. The van der Waals surface area contributed by atoms with Crippen LogP contribution in [0.1, 0.15) is 35.3 Å². The molecule has 0 saturated heterocycles. The highest BCUT2D eigenvalue weighted by atomic mass is 32.1. The maximum Gasteiger partial charge on any atom is 0.257 e. The van der Waals surface area contributed by atoms with Gasteiger partial charge in [-0.15, -0.1) is 0 Å². The zero-order chi connectivity index (χ0) is 18.2. The summed E-state index contributed by atoms with van der Waals surface area (Å²) in [5, 5.41) is 6.08. The van der Waals surface area contributed by atoms with Crippen LogP contribution in [0.4, 0.5) is 5.69 Å². The summed E-state index contributed by atoms with van der Waals surface area (Å²) in [7, 11) is 0. The number of aryl methyl sites for hydroxylation is 1. The van der Waals surface area contributed by atoms with Gasteiger partial charge in [-0.2, -0.15) is 0 Å². The summed E-state index contributed by atoms with van der Waals surface area (Å²) < 4.78 is 0. The second kappa shape index (κ2) is 9.30. The Balaban J connectivity index is 1.92. The molecule has 0 unspecified atom stereocenters. The molecule has 0 aliphatic heterocycles. The summed E-state index contributed by atoms with van der Waals surface area (Å²) in [4.78, 5) is 14.6. The van der Waals surface area contributed by atoms with Crippen molar-refractivity contribution < 1.29 is 4.79 Å². The van der Waals surface area contributed by atoms with E-state index in [2.05, 4.69) is 41.5 Å². The van der Waals surface area contributed by atoms with Crippen LogP contribution in [-0.4, -0.2) is 29.0 Å². The highest BCUT2D eigenvalue weighted by Gasteiger charge is 2.10. The summed E-state index contributed by atoms with van der Waals surface area (Å²) in [6, 6.07) is 15.5. The predicted molar refractivity (Wildman–Crippen MR) is 108 cm³/mol. The summed E-state index contributed by atoms with van der Waals surface area (Å²) in [6.07, 6.45) is 0. The van der Waals surface area contributed by atoms with E-state index < -0.39 is 0 Å². The van der Waals surface area contributed by atoms with Crippen molar-refractivity contribution in [3.63, 3.8) is 0 Å². The first-order chi connectivity index (χ1) is 12.0. The molecule has 0 bridgehead atoms. The van der Waals surface area contributed by atoms with Crippen LogP contribution in [0.3, 0.4) is 0 Å². The number of benzene rings is 2. The van der Waals surface area contributed by atoms with Gasteiger partial charge in [0.1, 0.15) is 0 Å². The van der Waals surface area contributed by atoms with Crippen molar-refractivity contribution in [2.24, 2.45) is 0 Å². The van der Waals surface area contributed by atoms with Gasteiger partial charge in [0.25, 0.3) is 5.91 Å². The normalized spacial score (nSPS) is 10.6. The van der Waals surface area contributed by atoms with E-state index in [1.165, 1.54) is 5.56 Å². The quantitative estimate of drug-likeness (QED) is 0.770. The van der Waals surface area contributed by atoms with E-state index >= 15 is 0 Å². The number of nitrogens with one attached hydrogen (secondary N) is 2. The Morgan fingerprint density at radius 2 is 1.68 bits per heavy atom. The van der Waals surface area contributed by atoms with Crippen LogP contribution in [0.15, 0.2) is 48.5 Å². The van der Waals surface area contributed by atoms with Gasteiger partial charge in [0.15, 0.2) is 5.11 Å². The molecule has 0 aliphatic carbocycles. The maximum absolute atomic E-state index is 12.3. The molecule has 0 fully saturated rings. The third-order valence-electron chi connectivity index (χ3n) is 4.13. The number of anilines is 1. The van der Waals surface area contributed by atoms with E-state index in [1.54, 1.807) is 6.07 Å². The summed E-state index contributed by atoms with van der Waals surface area (Å²) >= 11 is 5.24. The maximum atomic E-state index is 12.3. The van der Waals surface area contributed by atoms with Gasteiger partial charge >= 0.3 is 0 Å². The van der Waals surface area contributed by atoms with Gasteiger partial charge in [0.2, 0.25) is 0 Å². The summed E-state index contributed by atoms with van der Waals surface area (Å²) in [5.41, 5.74) is 3.66. The van der Waals surface area contributed by atoms with Gasteiger partial charge < -0.3 is 5.32 Å². The number of rotatable bonds is 6. The van der Waals surface area contributed by atoms with Gasteiger partial charge in [-0.1, -0.05) is 44.2 Å². The smallest absolute Gasteiger partial charge is 0.257 e. The van der Waals surface area contributed by atoms with E-state index in [9.17, 15) is 4.79 Å². The first kappa shape index (κ1) is 19.1. The zero-order valence-electron chi connectivity index (χ0n) is 15.0. The van der Waals surface area contributed by atoms with E-state index in [0.29, 0.717) is 10.7 Å². The van der Waals surface area contributed by atoms with Gasteiger partial charge in [-0.3, -0.25) is 15.0 Å². The van der Waals surface area contributed by atoms with Crippen molar-refractivity contribution in [3.8, 4) is 0 Å². The fourth-order valence-electron chi connectivity index (χ4n) is 2.56. The van der Waals surface area contributed by atoms with E-state index in [1.807, 2.05) is 37.3 Å². The largest absolute Gasteiger partial charge is 0.332 e. The number of nitrogens with zero attached hydrogens (tertiary/aromatic N) is 1. The molecule has 0 aromatic heterocycles. The number of carbonyl (C=O) groups is 1. The fraction of sp³-hybridized carbons (Fsp3) is 0.300. The van der Waals surface area contributed by atoms with Gasteiger partial charge in [-0.05, 0) is 61.6 Å². The van der Waals surface area contributed by atoms with Gasteiger partial charge in [0, 0.05) is 17.8 Å².